The summed E-state index contributed by atoms with van der Waals surface area (Å²) in [6, 6.07) is 2.15. The number of aryl methyl sites for hydroxylation is 1. The van der Waals surface area contributed by atoms with Crippen LogP contribution in [0.4, 0.5) is 0 Å². The van der Waals surface area contributed by atoms with Crippen molar-refractivity contribution in [1.82, 2.24) is 5.43 Å². The lowest BCUT2D eigenvalue weighted by Gasteiger charge is -2.06. The molecule has 1 unspecified atom stereocenters. The van der Waals surface area contributed by atoms with Crippen LogP contribution < -0.4 is 11.3 Å². The van der Waals surface area contributed by atoms with Crippen molar-refractivity contribution in [3.05, 3.63) is 32.9 Å². The maximum absolute atomic E-state index is 5.34. The lowest BCUT2D eigenvalue weighted by atomic mass is 10.2. The van der Waals surface area contributed by atoms with Gasteiger partial charge in [0, 0.05) is 4.88 Å². The smallest absolute Gasteiger partial charge is 0.0731 e. The zero-order valence-corrected chi connectivity index (χ0v) is 9.21. The number of hydrogen-bond acceptors (Lipinski definition) is 3. The molecule has 0 saturated heterocycles. The summed E-state index contributed by atoms with van der Waals surface area (Å²) in [6.07, 6.45) is 1.79. The van der Waals surface area contributed by atoms with Gasteiger partial charge in [0.15, 0.2) is 0 Å². The van der Waals surface area contributed by atoms with Crippen LogP contribution in [0.5, 0.6) is 0 Å². The highest BCUT2D eigenvalue weighted by Gasteiger charge is 2.09. The van der Waals surface area contributed by atoms with E-state index < -0.39 is 0 Å². The van der Waals surface area contributed by atoms with Crippen molar-refractivity contribution in [2.45, 2.75) is 13.0 Å². The van der Waals surface area contributed by atoms with Gasteiger partial charge in [0.1, 0.15) is 0 Å². The van der Waals surface area contributed by atoms with E-state index >= 15 is 0 Å². The van der Waals surface area contributed by atoms with Crippen molar-refractivity contribution in [2.75, 3.05) is 0 Å². The highest BCUT2D eigenvalue weighted by molar-refractivity contribution is 9.11. The normalized spacial score (nSPS) is 12.9. The first-order chi connectivity index (χ1) is 5.69. The molecule has 0 aliphatic heterocycles. The van der Waals surface area contributed by atoms with Crippen LogP contribution >= 0.6 is 27.3 Å². The Kier molecular flexibility index (Phi) is 3.46. The minimum Gasteiger partial charge on any atom is -0.271 e. The fraction of sp³-hybridized carbons (Fsp3) is 0.250. The van der Waals surface area contributed by atoms with Crippen LogP contribution in [-0.4, -0.2) is 0 Å². The predicted molar refractivity (Wildman–Crippen MR) is 57.0 cm³/mol. The second-order valence-electron chi connectivity index (χ2n) is 2.49. The summed E-state index contributed by atoms with van der Waals surface area (Å²) < 4.78 is 1.15. The molecule has 0 fully saturated rings. The number of nitrogens with one attached hydrogen (secondary N) is 1. The van der Waals surface area contributed by atoms with E-state index in [1.807, 2.05) is 0 Å². The third kappa shape index (κ3) is 1.95. The fourth-order valence-electron chi connectivity index (χ4n) is 0.903. The third-order valence-corrected chi connectivity index (χ3v) is 3.82. The van der Waals surface area contributed by atoms with Gasteiger partial charge < -0.3 is 0 Å². The van der Waals surface area contributed by atoms with Crippen LogP contribution in [-0.2, 0) is 0 Å². The van der Waals surface area contributed by atoms with Crippen molar-refractivity contribution >= 4 is 27.3 Å². The molecule has 0 radical (unpaired) electrons. The van der Waals surface area contributed by atoms with Gasteiger partial charge >= 0.3 is 0 Å². The van der Waals surface area contributed by atoms with Crippen molar-refractivity contribution in [3.63, 3.8) is 0 Å². The van der Waals surface area contributed by atoms with Gasteiger partial charge in [-0.3, -0.25) is 5.84 Å². The molecule has 3 N–H and O–H groups in total. The summed E-state index contributed by atoms with van der Waals surface area (Å²) in [6.45, 7) is 5.75. The molecular weight excluding hydrogens is 236 g/mol. The maximum atomic E-state index is 5.34. The number of thiophene rings is 1. The molecule has 1 aromatic heterocycles. The van der Waals surface area contributed by atoms with E-state index in [0.717, 1.165) is 3.79 Å². The van der Waals surface area contributed by atoms with Crippen molar-refractivity contribution in [3.8, 4) is 0 Å². The van der Waals surface area contributed by atoms with E-state index in [2.05, 4.69) is 40.9 Å². The Balaban J connectivity index is 2.94. The van der Waals surface area contributed by atoms with Crippen LogP contribution in [0.2, 0.25) is 0 Å². The molecule has 4 heteroatoms. The minimum atomic E-state index is 0.0556. The number of rotatable bonds is 3. The molecule has 66 valence electrons. The molecule has 2 nitrogen and oxygen atoms in total. The Morgan fingerprint density at radius 1 is 1.83 bits per heavy atom. The molecule has 0 bridgehead atoms. The van der Waals surface area contributed by atoms with Crippen LogP contribution in [0.3, 0.4) is 0 Å². The lowest BCUT2D eigenvalue weighted by molar-refractivity contribution is 0.666. The molecule has 0 amide bonds. The zero-order chi connectivity index (χ0) is 9.14. The Morgan fingerprint density at radius 2 is 2.50 bits per heavy atom. The quantitative estimate of drug-likeness (QED) is 0.489. The molecule has 0 aromatic carbocycles. The molecule has 0 spiro atoms. The fourth-order valence-corrected chi connectivity index (χ4v) is 2.53. The van der Waals surface area contributed by atoms with E-state index in [9.17, 15) is 0 Å². The molecule has 1 atom stereocenters. The second-order valence-corrected chi connectivity index (χ2v) is 4.89. The largest absolute Gasteiger partial charge is 0.271 e. The summed E-state index contributed by atoms with van der Waals surface area (Å²) in [4.78, 5) is 1.18. The van der Waals surface area contributed by atoms with Crippen LogP contribution in [0, 0.1) is 6.92 Å². The molecule has 1 aromatic rings. The minimum absolute atomic E-state index is 0.0556. The summed E-state index contributed by atoms with van der Waals surface area (Å²) in [7, 11) is 0. The number of hydrazine groups is 1. The second kappa shape index (κ2) is 4.18. The topological polar surface area (TPSA) is 38.0 Å². The molecule has 1 rings (SSSR count). The molecule has 12 heavy (non-hydrogen) atoms. The Bertz CT molecular complexity index is 263. The van der Waals surface area contributed by atoms with Crippen LogP contribution in [0.15, 0.2) is 22.5 Å². The Labute approximate surface area is 84.6 Å². The van der Waals surface area contributed by atoms with Gasteiger partial charge in [-0.15, -0.1) is 17.9 Å². The first-order valence-corrected chi connectivity index (χ1v) is 5.14. The number of nitrogens with two attached hydrogens (primary N) is 1. The number of hydrogen-bond donors (Lipinski definition) is 2. The van der Waals surface area contributed by atoms with Gasteiger partial charge in [-0.05, 0) is 34.5 Å². The Morgan fingerprint density at radius 3 is 2.83 bits per heavy atom. The molecule has 0 aliphatic rings. The molecular formula is C8H11BrN2S. The average molecular weight is 247 g/mol. The lowest BCUT2D eigenvalue weighted by Crippen LogP contribution is -2.25. The van der Waals surface area contributed by atoms with Gasteiger partial charge in [0.25, 0.3) is 0 Å². The van der Waals surface area contributed by atoms with Crippen molar-refractivity contribution in [1.29, 1.82) is 0 Å². The summed E-state index contributed by atoms with van der Waals surface area (Å²) in [5, 5.41) is 0. The molecule has 1 heterocycles. The summed E-state index contributed by atoms with van der Waals surface area (Å²) >= 11 is 5.13. The van der Waals surface area contributed by atoms with Crippen molar-refractivity contribution < 1.29 is 0 Å². The summed E-state index contributed by atoms with van der Waals surface area (Å²) in [5.41, 5.74) is 3.91. The standard InChI is InChI=1S/C8H11BrN2S/c1-3-6(11-10)7-4-5(2)8(9)12-7/h3-4,6,11H,1,10H2,2H3. The monoisotopic (exact) mass is 246 g/mol. The van der Waals surface area contributed by atoms with Gasteiger partial charge in [0.05, 0.1) is 9.83 Å². The molecule has 0 aliphatic carbocycles. The zero-order valence-electron chi connectivity index (χ0n) is 6.80. The average Bonchev–Trinajstić information content (AvgIpc) is 2.35. The van der Waals surface area contributed by atoms with E-state index in [1.165, 1.54) is 10.4 Å². The van der Waals surface area contributed by atoms with Gasteiger partial charge in [-0.1, -0.05) is 6.08 Å². The van der Waals surface area contributed by atoms with E-state index in [1.54, 1.807) is 17.4 Å². The molecule has 0 saturated carbocycles. The predicted octanol–water partition coefficient (Wildman–Crippen LogP) is 2.51. The highest BCUT2D eigenvalue weighted by atomic mass is 79.9. The first kappa shape index (κ1) is 9.92. The van der Waals surface area contributed by atoms with Crippen LogP contribution in [0.1, 0.15) is 16.5 Å². The highest BCUT2D eigenvalue weighted by Crippen LogP contribution is 2.31. The van der Waals surface area contributed by atoms with Crippen molar-refractivity contribution in [2.24, 2.45) is 5.84 Å². The third-order valence-electron chi connectivity index (χ3n) is 1.60. The van der Waals surface area contributed by atoms with E-state index in [4.69, 9.17) is 5.84 Å². The van der Waals surface area contributed by atoms with Gasteiger partial charge in [-0.25, -0.2) is 5.43 Å². The SMILES string of the molecule is C=CC(NN)c1cc(C)c(Br)s1. The Hall–Kier alpha value is -0.160. The van der Waals surface area contributed by atoms with E-state index in [0.29, 0.717) is 0 Å². The first-order valence-electron chi connectivity index (χ1n) is 3.53. The summed E-state index contributed by atoms with van der Waals surface area (Å²) in [5.74, 6) is 5.34. The van der Waals surface area contributed by atoms with Gasteiger partial charge in [-0.2, -0.15) is 0 Å². The number of halogens is 1. The maximum Gasteiger partial charge on any atom is 0.0731 e. The van der Waals surface area contributed by atoms with Crippen LogP contribution in [0.25, 0.3) is 0 Å². The van der Waals surface area contributed by atoms with Gasteiger partial charge in [0.2, 0.25) is 0 Å². The van der Waals surface area contributed by atoms with E-state index in [-0.39, 0.29) is 6.04 Å².